The number of nitrogens with zero attached hydrogens (tertiary/aromatic N) is 2. The molecule has 0 bridgehead atoms. The van der Waals surface area contributed by atoms with Gasteiger partial charge in [0.15, 0.2) is 10.9 Å². The molecule has 0 amide bonds. The fourth-order valence-corrected chi connectivity index (χ4v) is 2.93. The summed E-state index contributed by atoms with van der Waals surface area (Å²) in [6.45, 7) is 2.77. The van der Waals surface area contributed by atoms with E-state index in [0.29, 0.717) is 33.2 Å². The second kappa shape index (κ2) is 7.87. The molecule has 0 aliphatic rings. The number of nitrogens with one attached hydrogen (secondary N) is 2. The van der Waals surface area contributed by atoms with Gasteiger partial charge in [-0.15, -0.1) is 0 Å². The van der Waals surface area contributed by atoms with Gasteiger partial charge >= 0.3 is 0 Å². The van der Waals surface area contributed by atoms with Crippen LogP contribution < -0.4 is 10.6 Å². The molecule has 4 nitrogen and oxygen atoms in total. The van der Waals surface area contributed by atoms with Crippen molar-refractivity contribution in [2.75, 3.05) is 10.6 Å². The maximum absolute atomic E-state index is 6.13. The number of thiocarbonyl (C=S) groups is 1. The van der Waals surface area contributed by atoms with E-state index in [4.69, 9.17) is 35.4 Å². The Morgan fingerprint density at radius 2 is 1.84 bits per heavy atom. The van der Waals surface area contributed by atoms with Crippen LogP contribution >= 0.6 is 35.4 Å². The first-order valence-corrected chi connectivity index (χ1v) is 8.78. The lowest BCUT2D eigenvalue weighted by Crippen LogP contribution is -2.19. The molecule has 0 radical (unpaired) electrons. The zero-order valence-electron chi connectivity index (χ0n) is 13.5. The van der Waals surface area contributed by atoms with Gasteiger partial charge < -0.3 is 10.6 Å². The minimum atomic E-state index is 0.407. The second-order valence-corrected chi connectivity index (χ2v) is 6.84. The van der Waals surface area contributed by atoms with Crippen LogP contribution in [-0.4, -0.2) is 14.9 Å². The van der Waals surface area contributed by atoms with E-state index in [1.165, 1.54) is 11.1 Å². The Hall–Kier alpha value is -2.08. The summed E-state index contributed by atoms with van der Waals surface area (Å²) in [7, 11) is 0. The van der Waals surface area contributed by atoms with Crippen LogP contribution in [0.3, 0.4) is 0 Å². The van der Waals surface area contributed by atoms with Gasteiger partial charge in [0.25, 0.3) is 0 Å². The Morgan fingerprint density at radius 3 is 2.56 bits per heavy atom. The van der Waals surface area contributed by atoms with Gasteiger partial charge in [0.2, 0.25) is 0 Å². The highest BCUT2D eigenvalue weighted by Crippen LogP contribution is 2.25. The number of halogens is 2. The molecule has 1 heterocycles. The number of aromatic nitrogens is 2. The third-order valence-corrected chi connectivity index (χ3v) is 4.28. The minimum Gasteiger partial charge on any atom is -0.331 e. The summed E-state index contributed by atoms with van der Waals surface area (Å²) in [4.78, 5) is 0. The molecule has 0 spiro atoms. The Balaban J connectivity index is 1.60. The summed E-state index contributed by atoms with van der Waals surface area (Å²) in [6.07, 6.45) is 1.90. The molecule has 3 rings (SSSR count). The zero-order chi connectivity index (χ0) is 17.8. The summed E-state index contributed by atoms with van der Waals surface area (Å²) in [6, 6.07) is 15.4. The number of hydrogen-bond acceptors (Lipinski definition) is 2. The van der Waals surface area contributed by atoms with E-state index in [2.05, 4.69) is 46.9 Å². The molecule has 7 heteroatoms. The van der Waals surface area contributed by atoms with Crippen LogP contribution in [0.25, 0.3) is 0 Å². The molecule has 2 aromatic carbocycles. The van der Waals surface area contributed by atoms with Crippen molar-refractivity contribution in [3.05, 3.63) is 75.9 Å². The van der Waals surface area contributed by atoms with Gasteiger partial charge in [-0.2, -0.15) is 5.10 Å². The SMILES string of the molecule is Cc1ccc(Cn2ccc(NC(=S)Nc3ccc(Cl)cc3Cl)n2)cc1. The van der Waals surface area contributed by atoms with Crippen LogP contribution in [0.5, 0.6) is 0 Å². The van der Waals surface area contributed by atoms with Crippen LogP contribution in [-0.2, 0) is 6.54 Å². The van der Waals surface area contributed by atoms with Crippen molar-refractivity contribution in [2.45, 2.75) is 13.5 Å². The summed E-state index contributed by atoms with van der Waals surface area (Å²) < 4.78 is 1.85. The van der Waals surface area contributed by atoms with Gasteiger partial charge in [0, 0.05) is 17.3 Å². The molecule has 3 aromatic rings. The van der Waals surface area contributed by atoms with Crippen molar-refractivity contribution < 1.29 is 0 Å². The lowest BCUT2D eigenvalue weighted by atomic mass is 10.1. The second-order valence-electron chi connectivity index (χ2n) is 5.59. The van der Waals surface area contributed by atoms with Gasteiger partial charge in [-0.3, -0.25) is 4.68 Å². The topological polar surface area (TPSA) is 41.9 Å². The van der Waals surface area contributed by atoms with Crippen LogP contribution in [0.15, 0.2) is 54.7 Å². The average Bonchev–Trinajstić information content (AvgIpc) is 2.99. The number of hydrogen-bond donors (Lipinski definition) is 2. The maximum Gasteiger partial charge on any atom is 0.176 e. The molecular weight excluding hydrogens is 375 g/mol. The predicted molar refractivity (Wildman–Crippen MR) is 109 cm³/mol. The fraction of sp³-hybridized carbons (Fsp3) is 0.111. The molecule has 0 aliphatic heterocycles. The van der Waals surface area contributed by atoms with Crippen LogP contribution in [0.1, 0.15) is 11.1 Å². The Kier molecular flexibility index (Phi) is 5.58. The first-order valence-electron chi connectivity index (χ1n) is 7.62. The van der Waals surface area contributed by atoms with Crippen molar-refractivity contribution in [3.8, 4) is 0 Å². The smallest absolute Gasteiger partial charge is 0.176 e. The van der Waals surface area contributed by atoms with Gasteiger partial charge in [0.05, 0.1) is 17.3 Å². The van der Waals surface area contributed by atoms with Crippen molar-refractivity contribution in [2.24, 2.45) is 0 Å². The van der Waals surface area contributed by atoms with E-state index < -0.39 is 0 Å². The number of benzene rings is 2. The van der Waals surface area contributed by atoms with Crippen molar-refractivity contribution in [1.29, 1.82) is 0 Å². The van der Waals surface area contributed by atoms with Gasteiger partial charge in [-0.25, -0.2) is 0 Å². The Labute approximate surface area is 161 Å². The quantitative estimate of drug-likeness (QED) is 0.588. The van der Waals surface area contributed by atoms with Crippen molar-refractivity contribution in [3.63, 3.8) is 0 Å². The van der Waals surface area contributed by atoms with E-state index in [1.807, 2.05) is 16.9 Å². The third kappa shape index (κ3) is 4.95. The zero-order valence-corrected chi connectivity index (χ0v) is 15.8. The van der Waals surface area contributed by atoms with Crippen molar-refractivity contribution in [1.82, 2.24) is 9.78 Å². The van der Waals surface area contributed by atoms with Crippen LogP contribution in [0, 0.1) is 6.92 Å². The molecule has 2 N–H and O–H groups in total. The summed E-state index contributed by atoms with van der Waals surface area (Å²) >= 11 is 17.3. The number of aryl methyl sites for hydroxylation is 1. The van der Waals surface area contributed by atoms with E-state index in [9.17, 15) is 0 Å². The molecule has 25 heavy (non-hydrogen) atoms. The highest BCUT2D eigenvalue weighted by molar-refractivity contribution is 7.80. The predicted octanol–water partition coefficient (Wildman–Crippen LogP) is 5.36. The van der Waals surface area contributed by atoms with Crippen molar-refractivity contribution >= 4 is 52.0 Å². The van der Waals surface area contributed by atoms with E-state index in [1.54, 1.807) is 18.2 Å². The van der Waals surface area contributed by atoms with E-state index in [0.717, 1.165) is 0 Å². The largest absolute Gasteiger partial charge is 0.331 e. The normalized spacial score (nSPS) is 10.5. The number of rotatable bonds is 4. The summed E-state index contributed by atoms with van der Waals surface area (Å²) in [5.41, 5.74) is 3.11. The number of anilines is 2. The Bertz CT molecular complexity index is 890. The molecule has 0 unspecified atom stereocenters. The molecular formula is C18H16Cl2N4S. The lowest BCUT2D eigenvalue weighted by molar-refractivity contribution is 0.690. The molecule has 0 aliphatic carbocycles. The first kappa shape index (κ1) is 17.7. The van der Waals surface area contributed by atoms with Gasteiger partial charge in [-0.05, 0) is 42.9 Å². The van der Waals surface area contributed by atoms with Crippen LogP contribution in [0.4, 0.5) is 11.5 Å². The molecule has 128 valence electrons. The highest BCUT2D eigenvalue weighted by atomic mass is 35.5. The molecule has 1 aromatic heterocycles. The third-order valence-electron chi connectivity index (χ3n) is 3.53. The molecule has 0 saturated heterocycles. The Morgan fingerprint density at radius 1 is 1.08 bits per heavy atom. The summed E-state index contributed by atoms with van der Waals surface area (Å²) in [5, 5.41) is 12.0. The molecule has 0 saturated carbocycles. The summed E-state index contributed by atoms with van der Waals surface area (Å²) in [5.74, 6) is 0.662. The maximum atomic E-state index is 6.13. The van der Waals surface area contributed by atoms with E-state index in [-0.39, 0.29) is 0 Å². The monoisotopic (exact) mass is 390 g/mol. The van der Waals surface area contributed by atoms with E-state index >= 15 is 0 Å². The van der Waals surface area contributed by atoms with Gasteiger partial charge in [-0.1, -0.05) is 53.0 Å². The van der Waals surface area contributed by atoms with Crippen LogP contribution in [0.2, 0.25) is 10.0 Å². The minimum absolute atomic E-state index is 0.407. The first-order chi connectivity index (χ1) is 12.0. The fourth-order valence-electron chi connectivity index (χ4n) is 2.26. The lowest BCUT2D eigenvalue weighted by Gasteiger charge is -2.10. The average molecular weight is 391 g/mol. The standard InChI is InChI=1S/C18H16Cl2N4S/c1-12-2-4-13(5-3-12)11-24-9-8-17(23-24)22-18(25)21-16-7-6-14(19)10-15(16)20/h2-10H,11H2,1H3,(H2,21,22,23,25). The molecule has 0 atom stereocenters. The highest BCUT2D eigenvalue weighted by Gasteiger charge is 2.06. The van der Waals surface area contributed by atoms with Gasteiger partial charge in [0.1, 0.15) is 0 Å². The molecule has 0 fully saturated rings.